The number of para-hydroxylation sites is 1. The van der Waals surface area contributed by atoms with Gasteiger partial charge < -0.3 is 14.8 Å². The third-order valence-electron chi connectivity index (χ3n) is 5.28. The largest absolute Gasteiger partial charge is 0.493 e. The van der Waals surface area contributed by atoms with Crippen molar-refractivity contribution in [3.05, 3.63) is 91.9 Å². The number of fused-ring (bicyclic) bond motifs is 1. The molecule has 1 aliphatic heterocycles. The number of benzene rings is 3. The third-order valence-corrected chi connectivity index (χ3v) is 5.81. The first-order chi connectivity index (χ1) is 16.3. The number of nitrogens with zero attached hydrogens (tertiary/aromatic N) is 2. The van der Waals surface area contributed by atoms with Crippen LogP contribution >= 0.6 is 15.9 Å². The average molecular weight is 527 g/mol. The quantitative estimate of drug-likeness (QED) is 0.362. The van der Waals surface area contributed by atoms with Crippen molar-refractivity contribution in [1.29, 1.82) is 0 Å². The number of carbonyl (C=O) groups excluding carboxylic acids is 2. The van der Waals surface area contributed by atoms with Crippen molar-refractivity contribution in [1.82, 2.24) is 10.4 Å². The van der Waals surface area contributed by atoms with Gasteiger partial charge in [0.05, 0.1) is 36.3 Å². The van der Waals surface area contributed by atoms with Crippen LogP contribution in [0.1, 0.15) is 32.4 Å². The van der Waals surface area contributed by atoms with E-state index in [1.165, 1.54) is 26.4 Å². The predicted molar refractivity (Wildman–Crippen MR) is 127 cm³/mol. The van der Waals surface area contributed by atoms with E-state index in [1.54, 1.807) is 48.5 Å². The number of methoxy groups -OCH3 is 2. The second-order valence-corrected chi connectivity index (χ2v) is 8.15. The molecule has 0 fully saturated rings. The molecule has 0 aliphatic carbocycles. The summed E-state index contributed by atoms with van der Waals surface area (Å²) in [6.07, 6.45) is -1.11. The molecule has 0 bridgehead atoms. The van der Waals surface area contributed by atoms with E-state index < -0.39 is 22.9 Å². The number of halogens is 1. The normalized spacial score (nSPS) is 14.6. The Morgan fingerprint density at radius 2 is 1.74 bits per heavy atom. The summed E-state index contributed by atoms with van der Waals surface area (Å²) in [7, 11) is 2.76. The lowest BCUT2D eigenvalue weighted by molar-refractivity contribution is -0.386. The molecule has 0 radical (unpaired) electrons. The molecule has 11 heteroatoms. The molecular weight excluding hydrogens is 508 g/mol. The van der Waals surface area contributed by atoms with Crippen molar-refractivity contribution < 1.29 is 24.0 Å². The summed E-state index contributed by atoms with van der Waals surface area (Å²) in [5.41, 5.74) is 3.46. The molecule has 1 aliphatic rings. The van der Waals surface area contributed by atoms with Gasteiger partial charge in [0.25, 0.3) is 17.5 Å². The Labute approximate surface area is 202 Å². The number of ether oxygens (including phenoxy) is 2. The van der Waals surface area contributed by atoms with Crippen LogP contribution in [-0.4, -0.2) is 36.0 Å². The molecule has 10 nitrogen and oxygen atoms in total. The zero-order valence-corrected chi connectivity index (χ0v) is 19.7. The van der Waals surface area contributed by atoms with Crippen molar-refractivity contribution in [2.45, 2.75) is 6.17 Å². The van der Waals surface area contributed by atoms with Crippen molar-refractivity contribution in [2.75, 3.05) is 19.5 Å². The molecule has 3 aromatic rings. The van der Waals surface area contributed by atoms with Gasteiger partial charge in [-0.2, -0.15) is 0 Å². The van der Waals surface area contributed by atoms with E-state index in [0.29, 0.717) is 16.8 Å². The minimum atomic E-state index is -1.11. The summed E-state index contributed by atoms with van der Waals surface area (Å²) in [5, 5.41) is 16.1. The van der Waals surface area contributed by atoms with Gasteiger partial charge in [-0.05, 0) is 42.5 Å². The van der Waals surface area contributed by atoms with E-state index in [-0.39, 0.29) is 22.7 Å². The zero-order chi connectivity index (χ0) is 24.4. The van der Waals surface area contributed by atoms with E-state index in [9.17, 15) is 19.7 Å². The van der Waals surface area contributed by atoms with Crippen molar-refractivity contribution in [3.63, 3.8) is 0 Å². The highest BCUT2D eigenvalue weighted by Crippen LogP contribution is 2.41. The number of anilines is 1. The Morgan fingerprint density at radius 3 is 2.38 bits per heavy atom. The molecule has 174 valence electrons. The number of hydrogen-bond acceptors (Lipinski definition) is 7. The first-order valence-corrected chi connectivity index (χ1v) is 10.8. The second kappa shape index (κ2) is 9.40. The zero-order valence-electron chi connectivity index (χ0n) is 18.1. The summed E-state index contributed by atoms with van der Waals surface area (Å²) < 4.78 is 11.3. The molecule has 1 heterocycles. The number of nitro groups is 1. The monoisotopic (exact) mass is 526 g/mol. The molecule has 1 atom stereocenters. The molecule has 4 rings (SSSR count). The maximum atomic E-state index is 13.4. The number of nitrogens with one attached hydrogen (secondary N) is 2. The van der Waals surface area contributed by atoms with E-state index in [0.717, 1.165) is 9.48 Å². The smallest absolute Gasteiger partial charge is 0.280 e. The SMILES string of the molecule is COc1cc(C2Nc3ccccc3C(=O)N2NC(=O)c2ccc(Br)cc2)c([N+](=O)[O-])cc1OC. The maximum Gasteiger partial charge on any atom is 0.280 e. The van der Waals surface area contributed by atoms with Gasteiger partial charge in [0.2, 0.25) is 0 Å². The van der Waals surface area contributed by atoms with Crippen LogP contribution in [0.2, 0.25) is 0 Å². The minimum Gasteiger partial charge on any atom is -0.493 e. The van der Waals surface area contributed by atoms with Gasteiger partial charge in [0, 0.05) is 15.7 Å². The van der Waals surface area contributed by atoms with Crippen LogP contribution in [0.4, 0.5) is 11.4 Å². The molecule has 2 amide bonds. The molecule has 34 heavy (non-hydrogen) atoms. The molecule has 0 spiro atoms. The third kappa shape index (κ3) is 4.25. The second-order valence-electron chi connectivity index (χ2n) is 7.24. The lowest BCUT2D eigenvalue weighted by atomic mass is 10.0. The first kappa shape index (κ1) is 23.1. The Hall–Kier alpha value is -4.12. The molecule has 3 aromatic carbocycles. The van der Waals surface area contributed by atoms with Gasteiger partial charge in [0.15, 0.2) is 17.7 Å². The molecule has 2 N–H and O–H groups in total. The van der Waals surface area contributed by atoms with E-state index >= 15 is 0 Å². The van der Waals surface area contributed by atoms with Gasteiger partial charge in [-0.3, -0.25) is 25.1 Å². The van der Waals surface area contributed by atoms with Crippen molar-refractivity contribution in [3.8, 4) is 11.5 Å². The highest BCUT2D eigenvalue weighted by atomic mass is 79.9. The predicted octanol–water partition coefficient (Wildman–Crippen LogP) is 4.29. The lowest BCUT2D eigenvalue weighted by Crippen LogP contribution is -2.53. The van der Waals surface area contributed by atoms with Gasteiger partial charge >= 0.3 is 0 Å². The maximum absolute atomic E-state index is 13.4. The highest BCUT2D eigenvalue weighted by Gasteiger charge is 2.38. The van der Waals surface area contributed by atoms with Gasteiger partial charge in [-0.1, -0.05) is 28.1 Å². The van der Waals surface area contributed by atoms with Crippen LogP contribution in [0.3, 0.4) is 0 Å². The molecule has 0 saturated carbocycles. The molecule has 0 saturated heterocycles. The summed E-state index contributed by atoms with van der Waals surface area (Å²) in [5.74, 6) is -0.703. The van der Waals surface area contributed by atoms with E-state index in [2.05, 4.69) is 26.7 Å². The standard InChI is InChI=1S/C23H19BrN4O6/c1-33-19-11-16(18(28(31)32)12-20(19)34-2)21-25-17-6-4-3-5-15(17)23(30)27(21)26-22(29)13-7-9-14(24)10-8-13/h3-12,21,25H,1-2H3,(H,26,29). The summed E-state index contributed by atoms with van der Waals surface area (Å²) in [6, 6.07) is 15.9. The number of rotatable bonds is 6. The Morgan fingerprint density at radius 1 is 1.09 bits per heavy atom. The summed E-state index contributed by atoms with van der Waals surface area (Å²) in [4.78, 5) is 37.7. The van der Waals surface area contributed by atoms with Crippen molar-refractivity contribution >= 4 is 39.1 Å². The van der Waals surface area contributed by atoms with E-state index in [4.69, 9.17) is 9.47 Å². The number of hydrazine groups is 1. The van der Waals surface area contributed by atoms with Crippen LogP contribution in [-0.2, 0) is 0 Å². The molecule has 0 aromatic heterocycles. The molecular formula is C23H19BrN4O6. The fourth-order valence-corrected chi connectivity index (χ4v) is 3.89. The van der Waals surface area contributed by atoms with E-state index in [1.807, 2.05) is 0 Å². The Bertz CT molecular complexity index is 1280. The van der Waals surface area contributed by atoms with Gasteiger partial charge in [0.1, 0.15) is 0 Å². The number of nitro benzene ring substituents is 1. The van der Waals surface area contributed by atoms with Crippen LogP contribution in [0.25, 0.3) is 0 Å². The summed E-state index contributed by atoms with van der Waals surface area (Å²) in [6.45, 7) is 0. The summed E-state index contributed by atoms with van der Waals surface area (Å²) >= 11 is 3.32. The Kier molecular flexibility index (Phi) is 6.37. The van der Waals surface area contributed by atoms with Gasteiger partial charge in [-0.25, -0.2) is 5.01 Å². The number of hydrogen-bond donors (Lipinski definition) is 2. The fraction of sp³-hybridized carbons (Fsp3) is 0.130. The van der Waals surface area contributed by atoms with Gasteiger partial charge in [-0.15, -0.1) is 0 Å². The highest BCUT2D eigenvalue weighted by molar-refractivity contribution is 9.10. The fourth-order valence-electron chi connectivity index (χ4n) is 3.62. The average Bonchev–Trinajstić information content (AvgIpc) is 2.85. The van der Waals surface area contributed by atoms with Crippen molar-refractivity contribution in [2.24, 2.45) is 0 Å². The van der Waals surface area contributed by atoms with Crippen LogP contribution in [0, 0.1) is 10.1 Å². The van der Waals surface area contributed by atoms with Crippen LogP contribution in [0.15, 0.2) is 65.1 Å². The number of carbonyl (C=O) groups is 2. The number of amides is 2. The lowest BCUT2D eigenvalue weighted by Gasteiger charge is -2.37. The van der Waals surface area contributed by atoms with Crippen LogP contribution < -0.4 is 20.2 Å². The topological polar surface area (TPSA) is 123 Å². The Balaban J connectivity index is 1.83. The first-order valence-electron chi connectivity index (χ1n) is 10.00. The molecule has 1 unspecified atom stereocenters. The van der Waals surface area contributed by atoms with Crippen LogP contribution in [0.5, 0.6) is 11.5 Å². The minimum absolute atomic E-state index is 0.0987.